The van der Waals surface area contributed by atoms with Gasteiger partial charge in [-0.2, -0.15) is 5.26 Å². The number of nitrogens with zero attached hydrogens (tertiary/aromatic N) is 1. The van der Waals surface area contributed by atoms with Gasteiger partial charge in [-0.1, -0.05) is 35.9 Å². The number of benzene rings is 2. The van der Waals surface area contributed by atoms with Crippen molar-refractivity contribution in [2.75, 3.05) is 14.2 Å². The molecule has 0 aromatic heterocycles. The summed E-state index contributed by atoms with van der Waals surface area (Å²) in [6.07, 6.45) is -0.228. The molecule has 124 valence electrons. The highest BCUT2D eigenvalue weighted by Gasteiger charge is 2.20. The number of halogens is 1. The molecule has 2 rings (SSSR count). The van der Waals surface area contributed by atoms with E-state index < -0.39 is 6.04 Å². The highest BCUT2D eigenvalue weighted by molar-refractivity contribution is 6.31. The maximum absolute atomic E-state index is 12.0. The zero-order valence-electron chi connectivity index (χ0n) is 13.4. The van der Waals surface area contributed by atoms with Crippen LogP contribution in [0.5, 0.6) is 11.5 Å². The lowest BCUT2D eigenvalue weighted by Crippen LogP contribution is -2.29. The molecule has 0 aliphatic carbocycles. The number of nitrogens with one attached hydrogen (secondary N) is 1. The predicted octanol–water partition coefficient (Wildman–Crippen LogP) is 3.48. The second-order valence-corrected chi connectivity index (χ2v) is 5.38. The minimum atomic E-state index is -0.501. The summed E-state index contributed by atoms with van der Waals surface area (Å²) in [5.41, 5.74) is 1.50. The average Bonchev–Trinajstić information content (AvgIpc) is 2.60. The molecule has 0 unspecified atom stereocenters. The Morgan fingerprint density at radius 3 is 2.54 bits per heavy atom. The van der Waals surface area contributed by atoms with Crippen LogP contribution >= 0.6 is 11.6 Å². The van der Waals surface area contributed by atoms with Gasteiger partial charge >= 0.3 is 0 Å². The SMILES string of the molecule is COc1ccc([C@H](NC(=O)CC#N)c2ccccc2Cl)cc1OC. The van der Waals surface area contributed by atoms with Crippen molar-refractivity contribution in [1.82, 2.24) is 5.32 Å². The van der Waals surface area contributed by atoms with Crippen LogP contribution in [0.25, 0.3) is 0 Å². The van der Waals surface area contributed by atoms with Crippen molar-refractivity contribution in [3.05, 3.63) is 58.6 Å². The number of hydrogen-bond donors (Lipinski definition) is 1. The van der Waals surface area contributed by atoms with E-state index in [2.05, 4.69) is 5.32 Å². The number of carbonyl (C=O) groups excluding carboxylic acids is 1. The Balaban J connectivity index is 2.48. The average molecular weight is 345 g/mol. The molecule has 24 heavy (non-hydrogen) atoms. The van der Waals surface area contributed by atoms with E-state index in [-0.39, 0.29) is 12.3 Å². The zero-order valence-corrected chi connectivity index (χ0v) is 14.1. The summed E-state index contributed by atoms with van der Waals surface area (Å²) in [7, 11) is 3.10. The maximum Gasteiger partial charge on any atom is 0.234 e. The van der Waals surface area contributed by atoms with E-state index in [4.69, 9.17) is 26.3 Å². The van der Waals surface area contributed by atoms with E-state index in [0.29, 0.717) is 16.5 Å². The molecule has 0 bridgehead atoms. The van der Waals surface area contributed by atoms with E-state index in [9.17, 15) is 4.79 Å². The second-order valence-electron chi connectivity index (χ2n) is 4.97. The molecule has 0 aliphatic heterocycles. The first kappa shape index (κ1) is 17.6. The van der Waals surface area contributed by atoms with Gasteiger partial charge in [0.25, 0.3) is 0 Å². The van der Waals surface area contributed by atoms with Crippen molar-refractivity contribution in [3.8, 4) is 17.6 Å². The standard InChI is InChI=1S/C18H17ClN2O3/c1-23-15-8-7-12(11-16(15)24-2)18(21-17(22)9-10-20)13-5-3-4-6-14(13)19/h3-8,11,18H,9H2,1-2H3,(H,21,22)/t18-/m0/s1. The number of nitriles is 1. The molecule has 5 nitrogen and oxygen atoms in total. The van der Waals surface area contributed by atoms with Crippen LogP contribution in [0.3, 0.4) is 0 Å². The Hall–Kier alpha value is -2.71. The van der Waals surface area contributed by atoms with Crippen molar-refractivity contribution < 1.29 is 14.3 Å². The first-order valence-corrected chi connectivity index (χ1v) is 7.61. The second kappa shape index (κ2) is 8.23. The van der Waals surface area contributed by atoms with Crippen molar-refractivity contribution in [2.45, 2.75) is 12.5 Å². The Labute approximate surface area is 145 Å². The normalized spacial score (nSPS) is 11.2. The number of rotatable bonds is 6. The molecule has 0 fully saturated rings. The zero-order chi connectivity index (χ0) is 17.5. The highest BCUT2D eigenvalue weighted by Crippen LogP contribution is 2.34. The van der Waals surface area contributed by atoms with Crippen LogP contribution in [0.1, 0.15) is 23.6 Å². The van der Waals surface area contributed by atoms with E-state index in [1.165, 1.54) is 0 Å². The minimum Gasteiger partial charge on any atom is -0.493 e. The summed E-state index contributed by atoms with van der Waals surface area (Å²) in [6, 6.07) is 13.9. The summed E-state index contributed by atoms with van der Waals surface area (Å²) >= 11 is 6.29. The molecule has 0 saturated carbocycles. The van der Waals surface area contributed by atoms with Crippen molar-refractivity contribution in [1.29, 1.82) is 5.26 Å². The van der Waals surface area contributed by atoms with Crippen LogP contribution in [-0.2, 0) is 4.79 Å². The number of amides is 1. The third-order valence-corrected chi connectivity index (χ3v) is 3.85. The number of hydrogen-bond acceptors (Lipinski definition) is 4. The van der Waals surface area contributed by atoms with Gasteiger partial charge in [-0.3, -0.25) is 4.79 Å². The molecule has 6 heteroatoms. The fourth-order valence-corrected chi connectivity index (χ4v) is 2.61. The van der Waals surface area contributed by atoms with E-state index in [0.717, 1.165) is 11.1 Å². The lowest BCUT2D eigenvalue weighted by atomic mass is 9.98. The molecular weight excluding hydrogens is 328 g/mol. The van der Waals surface area contributed by atoms with Crippen molar-refractivity contribution in [2.24, 2.45) is 0 Å². The molecule has 1 atom stereocenters. The summed E-state index contributed by atoms with van der Waals surface area (Å²) < 4.78 is 10.6. The lowest BCUT2D eigenvalue weighted by molar-refractivity contribution is -0.120. The quantitative estimate of drug-likeness (QED) is 0.870. The molecule has 0 saturated heterocycles. The molecule has 0 spiro atoms. The van der Waals surface area contributed by atoms with Gasteiger partial charge in [-0.05, 0) is 29.3 Å². The molecule has 0 heterocycles. The largest absolute Gasteiger partial charge is 0.493 e. The minimum absolute atomic E-state index is 0.228. The Kier molecular flexibility index (Phi) is 6.05. The van der Waals surface area contributed by atoms with Crippen LogP contribution in [0.15, 0.2) is 42.5 Å². The molecule has 1 amide bonds. The number of carbonyl (C=O) groups is 1. The Morgan fingerprint density at radius 2 is 1.92 bits per heavy atom. The van der Waals surface area contributed by atoms with Crippen LogP contribution in [0.4, 0.5) is 0 Å². The maximum atomic E-state index is 12.0. The van der Waals surface area contributed by atoms with Gasteiger partial charge in [-0.15, -0.1) is 0 Å². The topological polar surface area (TPSA) is 71.3 Å². The van der Waals surface area contributed by atoms with Crippen LogP contribution in [0.2, 0.25) is 5.02 Å². The van der Waals surface area contributed by atoms with Gasteiger partial charge in [0.1, 0.15) is 6.42 Å². The van der Waals surface area contributed by atoms with Crippen LogP contribution in [0, 0.1) is 11.3 Å². The van der Waals surface area contributed by atoms with E-state index in [1.54, 1.807) is 32.4 Å². The first-order valence-electron chi connectivity index (χ1n) is 7.23. The fraction of sp³-hybridized carbons (Fsp3) is 0.222. The smallest absolute Gasteiger partial charge is 0.234 e. The molecule has 0 aliphatic rings. The molecule has 2 aromatic carbocycles. The van der Waals surface area contributed by atoms with Gasteiger partial charge in [-0.25, -0.2) is 0 Å². The van der Waals surface area contributed by atoms with Crippen molar-refractivity contribution >= 4 is 17.5 Å². The van der Waals surface area contributed by atoms with Crippen LogP contribution in [-0.4, -0.2) is 20.1 Å². The van der Waals surface area contributed by atoms with E-state index in [1.807, 2.05) is 30.3 Å². The summed E-state index contributed by atoms with van der Waals surface area (Å²) in [6.45, 7) is 0. The molecular formula is C18H17ClN2O3. The fourth-order valence-electron chi connectivity index (χ4n) is 2.37. The summed E-state index contributed by atoms with van der Waals surface area (Å²) in [4.78, 5) is 12.0. The number of ether oxygens (including phenoxy) is 2. The molecule has 1 N–H and O–H groups in total. The van der Waals surface area contributed by atoms with E-state index >= 15 is 0 Å². The molecule has 0 radical (unpaired) electrons. The van der Waals surface area contributed by atoms with Gasteiger partial charge < -0.3 is 14.8 Å². The first-order chi connectivity index (χ1) is 11.6. The van der Waals surface area contributed by atoms with Gasteiger partial charge in [0, 0.05) is 5.02 Å². The number of methoxy groups -OCH3 is 2. The third kappa shape index (κ3) is 3.98. The van der Waals surface area contributed by atoms with Gasteiger partial charge in [0.15, 0.2) is 11.5 Å². The van der Waals surface area contributed by atoms with Crippen molar-refractivity contribution in [3.63, 3.8) is 0 Å². The molecule has 2 aromatic rings. The highest BCUT2D eigenvalue weighted by atomic mass is 35.5. The monoisotopic (exact) mass is 344 g/mol. The van der Waals surface area contributed by atoms with Gasteiger partial charge in [0.2, 0.25) is 5.91 Å². The van der Waals surface area contributed by atoms with Gasteiger partial charge in [0.05, 0.1) is 26.3 Å². The Morgan fingerprint density at radius 1 is 1.21 bits per heavy atom. The summed E-state index contributed by atoms with van der Waals surface area (Å²) in [5, 5.41) is 12.1. The Bertz CT molecular complexity index is 771. The van der Waals surface area contributed by atoms with Crippen LogP contribution < -0.4 is 14.8 Å². The predicted molar refractivity (Wildman–Crippen MR) is 91.2 cm³/mol. The third-order valence-electron chi connectivity index (χ3n) is 3.50. The summed E-state index contributed by atoms with van der Waals surface area (Å²) in [5.74, 6) is 0.751. The lowest BCUT2D eigenvalue weighted by Gasteiger charge is -2.21.